The maximum Gasteiger partial charge on any atom is 0.123 e. The molecule has 0 aliphatic carbocycles. The summed E-state index contributed by atoms with van der Waals surface area (Å²) in [5, 5.41) is 0. The Morgan fingerprint density at radius 2 is 1.94 bits per heavy atom. The quantitative estimate of drug-likeness (QED) is 0.590. The third kappa shape index (κ3) is 4.26. The molecule has 0 saturated carbocycles. The van der Waals surface area contributed by atoms with Crippen molar-refractivity contribution in [1.29, 1.82) is 0 Å². The maximum absolute atomic E-state index is 5.76. The molecule has 100 valence electrons. The van der Waals surface area contributed by atoms with Gasteiger partial charge in [0.25, 0.3) is 0 Å². The number of benzene rings is 1. The Kier molecular flexibility index (Phi) is 5.54. The van der Waals surface area contributed by atoms with Crippen molar-refractivity contribution in [1.82, 2.24) is 0 Å². The molecule has 0 fully saturated rings. The number of allylic oxidation sites excluding steroid dienone is 1. The molecule has 0 aromatic heterocycles. The van der Waals surface area contributed by atoms with Gasteiger partial charge in [0.05, 0.1) is 7.11 Å². The molecule has 0 N–H and O–H groups in total. The molecule has 0 spiro atoms. The van der Waals surface area contributed by atoms with Gasteiger partial charge in [-0.25, -0.2) is 0 Å². The van der Waals surface area contributed by atoms with Crippen LogP contribution >= 0.6 is 11.6 Å². The molecule has 18 heavy (non-hydrogen) atoms. The van der Waals surface area contributed by atoms with E-state index < -0.39 is 0 Å². The molecule has 0 aliphatic heterocycles. The fourth-order valence-corrected chi connectivity index (χ4v) is 1.74. The second kappa shape index (κ2) is 6.69. The van der Waals surface area contributed by atoms with E-state index >= 15 is 0 Å². The van der Waals surface area contributed by atoms with Gasteiger partial charge in [-0.05, 0) is 23.6 Å². The third-order valence-electron chi connectivity index (χ3n) is 2.59. The molecular formula is C15H21ClO2. The lowest BCUT2D eigenvalue weighted by Crippen LogP contribution is -2.13. The summed E-state index contributed by atoms with van der Waals surface area (Å²) in [6, 6.07) is 5.89. The first-order valence-electron chi connectivity index (χ1n) is 6.01. The van der Waals surface area contributed by atoms with Crippen LogP contribution in [0.4, 0.5) is 0 Å². The van der Waals surface area contributed by atoms with Crippen LogP contribution in [0, 0.1) is 0 Å². The molecule has 0 bridgehead atoms. The van der Waals surface area contributed by atoms with Crippen molar-refractivity contribution in [2.45, 2.75) is 26.2 Å². The average molecular weight is 269 g/mol. The predicted molar refractivity (Wildman–Crippen MR) is 77.0 cm³/mol. The lowest BCUT2D eigenvalue weighted by Gasteiger charge is -2.23. The highest BCUT2D eigenvalue weighted by atomic mass is 35.5. The molecule has 0 atom stereocenters. The fourth-order valence-electron chi connectivity index (χ4n) is 1.62. The largest absolute Gasteiger partial charge is 0.497 e. The third-order valence-corrected chi connectivity index (χ3v) is 2.76. The van der Waals surface area contributed by atoms with Gasteiger partial charge >= 0.3 is 0 Å². The summed E-state index contributed by atoms with van der Waals surface area (Å²) in [5.41, 5.74) is 1.15. The van der Waals surface area contributed by atoms with Crippen LogP contribution in [0.1, 0.15) is 26.3 Å². The van der Waals surface area contributed by atoms with Gasteiger partial charge in [0.2, 0.25) is 0 Å². The van der Waals surface area contributed by atoms with Gasteiger partial charge in [-0.2, -0.15) is 0 Å². The number of methoxy groups -OCH3 is 1. The topological polar surface area (TPSA) is 18.5 Å². The highest BCUT2D eigenvalue weighted by molar-refractivity contribution is 6.18. The number of rotatable bonds is 5. The minimum absolute atomic E-state index is 0.0140. The summed E-state index contributed by atoms with van der Waals surface area (Å²) in [6.45, 7) is 7.00. The molecular weight excluding hydrogens is 248 g/mol. The SMILES string of the molecule is COc1ccc(OCC=CCCl)c(C(C)(C)C)c1. The van der Waals surface area contributed by atoms with Crippen molar-refractivity contribution in [3.8, 4) is 11.5 Å². The Morgan fingerprint density at radius 3 is 2.50 bits per heavy atom. The van der Waals surface area contributed by atoms with Crippen molar-refractivity contribution in [2.24, 2.45) is 0 Å². The molecule has 0 unspecified atom stereocenters. The summed E-state index contributed by atoms with van der Waals surface area (Å²) >= 11 is 5.57. The summed E-state index contributed by atoms with van der Waals surface area (Å²) < 4.78 is 11.0. The molecule has 0 aliphatic rings. The molecule has 1 aromatic rings. The highest BCUT2D eigenvalue weighted by Crippen LogP contribution is 2.34. The van der Waals surface area contributed by atoms with Gasteiger partial charge in [0, 0.05) is 11.4 Å². The summed E-state index contributed by atoms with van der Waals surface area (Å²) in [5.74, 6) is 2.25. The van der Waals surface area contributed by atoms with E-state index in [1.54, 1.807) is 7.11 Å². The summed E-state index contributed by atoms with van der Waals surface area (Å²) in [6.07, 6.45) is 3.80. The summed E-state index contributed by atoms with van der Waals surface area (Å²) in [4.78, 5) is 0. The highest BCUT2D eigenvalue weighted by Gasteiger charge is 2.19. The number of hydrogen-bond acceptors (Lipinski definition) is 2. The Balaban J connectivity index is 2.92. The Hall–Kier alpha value is -1.15. The van der Waals surface area contributed by atoms with Crippen LogP contribution in [-0.4, -0.2) is 19.6 Å². The lowest BCUT2D eigenvalue weighted by molar-refractivity contribution is 0.348. The van der Waals surface area contributed by atoms with E-state index in [-0.39, 0.29) is 5.41 Å². The fraction of sp³-hybridized carbons (Fsp3) is 0.467. The van der Waals surface area contributed by atoms with Crippen LogP contribution in [-0.2, 0) is 5.41 Å². The van der Waals surface area contributed by atoms with E-state index in [0.29, 0.717) is 12.5 Å². The first kappa shape index (κ1) is 14.9. The number of halogens is 1. The van der Waals surface area contributed by atoms with Crippen LogP contribution < -0.4 is 9.47 Å². The second-order valence-electron chi connectivity index (χ2n) is 5.05. The zero-order chi connectivity index (χ0) is 13.6. The van der Waals surface area contributed by atoms with Gasteiger partial charge < -0.3 is 9.47 Å². The van der Waals surface area contributed by atoms with Gasteiger partial charge in [-0.1, -0.05) is 32.9 Å². The number of ether oxygens (including phenoxy) is 2. The minimum atomic E-state index is 0.0140. The smallest absolute Gasteiger partial charge is 0.123 e. The van der Waals surface area contributed by atoms with E-state index in [9.17, 15) is 0 Å². The van der Waals surface area contributed by atoms with Gasteiger partial charge in [-0.15, -0.1) is 11.6 Å². The maximum atomic E-state index is 5.76. The Bertz CT molecular complexity index is 405. The number of hydrogen-bond donors (Lipinski definition) is 0. The zero-order valence-corrected chi connectivity index (χ0v) is 12.3. The number of alkyl halides is 1. The van der Waals surface area contributed by atoms with E-state index in [2.05, 4.69) is 20.8 Å². The second-order valence-corrected chi connectivity index (χ2v) is 5.36. The Labute approximate surface area is 115 Å². The van der Waals surface area contributed by atoms with Crippen molar-refractivity contribution >= 4 is 11.6 Å². The van der Waals surface area contributed by atoms with E-state index in [0.717, 1.165) is 17.1 Å². The molecule has 0 radical (unpaired) electrons. The van der Waals surface area contributed by atoms with Crippen molar-refractivity contribution in [3.05, 3.63) is 35.9 Å². The Morgan fingerprint density at radius 1 is 1.22 bits per heavy atom. The standard InChI is InChI=1S/C15H21ClO2/c1-15(2,3)13-11-12(17-4)7-8-14(13)18-10-6-5-9-16/h5-8,11H,9-10H2,1-4H3. The normalized spacial score (nSPS) is 11.8. The molecule has 1 aromatic carbocycles. The lowest BCUT2D eigenvalue weighted by atomic mass is 9.86. The first-order valence-corrected chi connectivity index (χ1v) is 6.54. The van der Waals surface area contributed by atoms with Crippen molar-refractivity contribution in [3.63, 3.8) is 0 Å². The van der Waals surface area contributed by atoms with Crippen molar-refractivity contribution in [2.75, 3.05) is 19.6 Å². The molecule has 3 heteroatoms. The van der Waals surface area contributed by atoms with Gasteiger partial charge in [0.15, 0.2) is 0 Å². The van der Waals surface area contributed by atoms with Gasteiger partial charge in [-0.3, -0.25) is 0 Å². The molecule has 1 rings (SSSR count). The van der Waals surface area contributed by atoms with Crippen LogP contribution in [0.15, 0.2) is 30.4 Å². The average Bonchev–Trinajstić information content (AvgIpc) is 2.33. The van der Waals surface area contributed by atoms with E-state index in [1.807, 2.05) is 30.4 Å². The predicted octanol–water partition coefficient (Wildman–Crippen LogP) is 4.17. The molecule has 2 nitrogen and oxygen atoms in total. The minimum Gasteiger partial charge on any atom is -0.497 e. The van der Waals surface area contributed by atoms with Crippen LogP contribution in [0.2, 0.25) is 0 Å². The van der Waals surface area contributed by atoms with Gasteiger partial charge in [0.1, 0.15) is 18.1 Å². The van der Waals surface area contributed by atoms with Crippen LogP contribution in [0.3, 0.4) is 0 Å². The van der Waals surface area contributed by atoms with Crippen molar-refractivity contribution < 1.29 is 9.47 Å². The molecule has 0 heterocycles. The van der Waals surface area contributed by atoms with Crippen LogP contribution in [0.5, 0.6) is 11.5 Å². The van der Waals surface area contributed by atoms with E-state index in [1.165, 1.54) is 0 Å². The zero-order valence-electron chi connectivity index (χ0n) is 11.5. The monoisotopic (exact) mass is 268 g/mol. The van der Waals surface area contributed by atoms with E-state index in [4.69, 9.17) is 21.1 Å². The molecule has 0 amide bonds. The van der Waals surface area contributed by atoms with Crippen LogP contribution in [0.25, 0.3) is 0 Å². The summed E-state index contributed by atoms with van der Waals surface area (Å²) in [7, 11) is 1.67. The molecule has 0 saturated heterocycles. The first-order chi connectivity index (χ1) is 8.49.